The van der Waals surface area contributed by atoms with E-state index >= 15 is 0 Å². The number of nitriles is 1. The van der Waals surface area contributed by atoms with Gasteiger partial charge in [-0.3, -0.25) is 14.4 Å². The highest BCUT2D eigenvalue weighted by molar-refractivity contribution is 8.00. The third kappa shape index (κ3) is 9.79. The van der Waals surface area contributed by atoms with Gasteiger partial charge in [0.25, 0.3) is 11.8 Å². The Morgan fingerprint density at radius 1 is 1.02 bits per heavy atom. The Morgan fingerprint density at radius 2 is 1.75 bits per heavy atom. The summed E-state index contributed by atoms with van der Waals surface area (Å²) in [5.41, 5.74) is 1.99. The smallest absolute Gasteiger partial charge is 0.410 e. The SMILES string of the molecule is CC(Sc1cccc(NC(=O)/C(=C\c2ccccc2Cl)NC(=O)c2ccccc2)c1)C(=O)Nc1sc2c(c1C#N)CCN(C(=O)OC(C)(C)C)C2. The van der Waals surface area contributed by atoms with Gasteiger partial charge in [-0.1, -0.05) is 54.1 Å². The van der Waals surface area contributed by atoms with Gasteiger partial charge in [0, 0.05) is 32.6 Å². The van der Waals surface area contributed by atoms with Gasteiger partial charge in [-0.15, -0.1) is 23.1 Å². The number of ether oxygens (including phenoxy) is 1. The molecule has 2 heterocycles. The highest BCUT2D eigenvalue weighted by Crippen LogP contribution is 2.38. The first-order valence-corrected chi connectivity index (χ1v) is 18.1. The summed E-state index contributed by atoms with van der Waals surface area (Å²) >= 11 is 8.92. The van der Waals surface area contributed by atoms with E-state index in [-0.39, 0.29) is 11.6 Å². The van der Waals surface area contributed by atoms with Gasteiger partial charge < -0.3 is 25.6 Å². The number of thiophene rings is 1. The van der Waals surface area contributed by atoms with Crippen LogP contribution in [0.3, 0.4) is 0 Å². The van der Waals surface area contributed by atoms with Gasteiger partial charge in [0.1, 0.15) is 22.4 Å². The molecule has 0 saturated heterocycles. The molecule has 1 unspecified atom stereocenters. The van der Waals surface area contributed by atoms with Gasteiger partial charge in [0.15, 0.2) is 0 Å². The molecule has 10 nitrogen and oxygen atoms in total. The number of nitrogens with one attached hydrogen (secondary N) is 3. The maximum atomic E-state index is 13.5. The second-order valence-corrected chi connectivity index (χ2v) is 15.5. The van der Waals surface area contributed by atoms with Crippen LogP contribution >= 0.6 is 34.7 Å². The first kappa shape index (κ1) is 37.2. The van der Waals surface area contributed by atoms with Gasteiger partial charge in [-0.05, 0) is 87.7 Å². The predicted octanol–water partition coefficient (Wildman–Crippen LogP) is 8.10. The molecule has 1 aliphatic heterocycles. The number of thioether (sulfide) groups is 1. The number of anilines is 2. The normalized spacial score (nSPS) is 13.3. The van der Waals surface area contributed by atoms with Crippen molar-refractivity contribution < 1.29 is 23.9 Å². The van der Waals surface area contributed by atoms with Crippen LogP contribution in [0.5, 0.6) is 0 Å². The van der Waals surface area contributed by atoms with Gasteiger partial charge in [0.05, 0.1) is 17.4 Å². The maximum absolute atomic E-state index is 13.5. The van der Waals surface area contributed by atoms with Crippen molar-refractivity contribution >= 4 is 75.3 Å². The molecule has 4 aromatic rings. The Hall–Kier alpha value is -5.09. The Bertz CT molecular complexity index is 2030. The predicted molar refractivity (Wildman–Crippen MR) is 202 cm³/mol. The fraction of sp³-hybridized carbons (Fsp3) is 0.237. The third-order valence-corrected chi connectivity index (χ3v) is 10.1. The van der Waals surface area contributed by atoms with Gasteiger partial charge >= 0.3 is 6.09 Å². The Labute approximate surface area is 309 Å². The second kappa shape index (κ2) is 16.3. The van der Waals surface area contributed by atoms with Crippen LogP contribution in [0.1, 0.15) is 59.6 Å². The number of halogens is 1. The van der Waals surface area contributed by atoms with E-state index < -0.39 is 28.8 Å². The molecule has 51 heavy (non-hydrogen) atoms. The van der Waals surface area contributed by atoms with E-state index in [0.29, 0.717) is 56.8 Å². The summed E-state index contributed by atoms with van der Waals surface area (Å²) in [5.74, 6) is -1.33. The van der Waals surface area contributed by atoms with Crippen LogP contribution in [0, 0.1) is 11.3 Å². The van der Waals surface area contributed by atoms with E-state index in [9.17, 15) is 24.4 Å². The number of nitrogens with zero attached hydrogens (tertiary/aromatic N) is 2. The van der Waals surface area contributed by atoms with Crippen molar-refractivity contribution in [3.05, 3.63) is 117 Å². The molecule has 1 aliphatic rings. The van der Waals surface area contributed by atoms with Gasteiger partial charge in [0.2, 0.25) is 5.91 Å². The highest BCUT2D eigenvalue weighted by Gasteiger charge is 2.30. The van der Waals surface area contributed by atoms with Crippen molar-refractivity contribution in [2.45, 2.75) is 56.4 Å². The number of benzene rings is 3. The lowest BCUT2D eigenvalue weighted by atomic mass is 10.0. The monoisotopic (exact) mass is 741 g/mol. The molecule has 0 spiro atoms. The number of hydrogen-bond donors (Lipinski definition) is 3. The number of carbonyl (C=O) groups excluding carboxylic acids is 4. The minimum Gasteiger partial charge on any atom is -0.444 e. The van der Waals surface area contributed by atoms with Crippen molar-refractivity contribution in [3.63, 3.8) is 0 Å². The Morgan fingerprint density at radius 3 is 2.45 bits per heavy atom. The summed E-state index contributed by atoms with van der Waals surface area (Å²) in [4.78, 5) is 55.7. The summed E-state index contributed by atoms with van der Waals surface area (Å²) in [6.45, 7) is 7.89. The van der Waals surface area contributed by atoms with Crippen LogP contribution in [0.2, 0.25) is 5.02 Å². The van der Waals surface area contributed by atoms with E-state index in [1.165, 1.54) is 29.2 Å². The van der Waals surface area contributed by atoms with Crippen molar-refractivity contribution in [3.8, 4) is 6.07 Å². The maximum Gasteiger partial charge on any atom is 0.410 e. The van der Waals surface area contributed by atoms with E-state index in [1.807, 2.05) is 26.8 Å². The molecule has 5 rings (SSSR count). The molecule has 1 atom stereocenters. The van der Waals surface area contributed by atoms with Crippen molar-refractivity contribution in [2.24, 2.45) is 0 Å². The topological polar surface area (TPSA) is 141 Å². The van der Waals surface area contributed by atoms with E-state index in [0.717, 1.165) is 10.4 Å². The molecule has 0 aliphatic carbocycles. The van der Waals surface area contributed by atoms with E-state index in [4.69, 9.17) is 16.3 Å². The molecule has 13 heteroatoms. The highest BCUT2D eigenvalue weighted by atomic mass is 35.5. The van der Waals surface area contributed by atoms with Crippen LogP contribution in [0.15, 0.2) is 89.5 Å². The number of rotatable bonds is 9. The Kier molecular flexibility index (Phi) is 11.9. The summed E-state index contributed by atoms with van der Waals surface area (Å²) in [6.07, 6.45) is 1.58. The zero-order chi connectivity index (χ0) is 36.7. The average molecular weight is 742 g/mol. The summed E-state index contributed by atoms with van der Waals surface area (Å²) < 4.78 is 5.52. The summed E-state index contributed by atoms with van der Waals surface area (Å²) in [7, 11) is 0. The van der Waals surface area contributed by atoms with Crippen molar-refractivity contribution in [2.75, 3.05) is 17.2 Å². The molecule has 4 amide bonds. The standard InChI is InChI=1S/C38H36ClN5O5S2/c1-23(33(45)43-36-29(21-40)28-17-18-44(22-32(28)51-36)37(48)49-38(2,3)4)50-27-15-10-14-26(20-27)41-35(47)31(19-25-13-8-9-16-30(25)39)42-34(46)24-11-6-5-7-12-24/h5-16,19-20,23H,17-18,22H2,1-4H3,(H,41,47)(H,42,46)(H,43,45)/b31-19+. The number of fused-ring (bicyclic) bond motifs is 1. The fourth-order valence-electron chi connectivity index (χ4n) is 5.10. The number of hydrogen-bond acceptors (Lipinski definition) is 8. The first-order chi connectivity index (χ1) is 24.3. The van der Waals surface area contributed by atoms with Crippen LogP contribution in [0.25, 0.3) is 6.08 Å². The second-order valence-electron chi connectivity index (χ2n) is 12.6. The molecular formula is C38H36ClN5O5S2. The number of carbonyl (C=O) groups is 4. The quantitative estimate of drug-likeness (QED) is 0.116. The average Bonchev–Trinajstić information content (AvgIpc) is 3.44. The summed E-state index contributed by atoms with van der Waals surface area (Å²) in [6, 6.07) is 24.7. The van der Waals surface area contributed by atoms with Crippen LogP contribution in [-0.2, 0) is 27.3 Å². The minimum atomic E-state index is -0.625. The third-order valence-electron chi connectivity index (χ3n) is 7.56. The molecule has 1 aromatic heterocycles. The lowest BCUT2D eigenvalue weighted by Gasteiger charge is -2.29. The van der Waals surface area contributed by atoms with Gasteiger partial charge in [-0.25, -0.2) is 4.79 Å². The van der Waals surface area contributed by atoms with Crippen LogP contribution < -0.4 is 16.0 Å². The van der Waals surface area contributed by atoms with Gasteiger partial charge in [-0.2, -0.15) is 5.26 Å². The molecule has 262 valence electrons. The van der Waals surface area contributed by atoms with E-state index in [1.54, 1.807) is 84.6 Å². The molecule has 0 saturated carbocycles. The van der Waals surface area contributed by atoms with E-state index in [2.05, 4.69) is 22.0 Å². The summed E-state index contributed by atoms with van der Waals surface area (Å²) in [5, 5.41) is 18.7. The van der Waals surface area contributed by atoms with Crippen LogP contribution in [0.4, 0.5) is 15.5 Å². The fourth-order valence-corrected chi connectivity index (χ4v) is 7.43. The molecule has 0 fully saturated rings. The van der Waals surface area contributed by atoms with Crippen molar-refractivity contribution in [1.82, 2.24) is 10.2 Å². The number of amides is 4. The zero-order valence-electron chi connectivity index (χ0n) is 28.4. The Balaban J connectivity index is 1.26. The van der Waals surface area contributed by atoms with Crippen LogP contribution in [-0.4, -0.2) is 46.1 Å². The first-order valence-electron chi connectivity index (χ1n) is 16.1. The lowest BCUT2D eigenvalue weighted by Crippen LogP contribution is -2.39. The molecule has 0 bridgehead atoms. The largest absolute Gasteiger partial charge is 0.444 e. The molecular weight excluding hydrogens is 706 g/mol. The zero-order valence-corrected chi connectivity index (χ0v) is 30.8. The van der Waals surface area contributed by atoms with Crippen molar-refractivity contribution in [1.29, 1.82) is 5.26 Å². The molecule has 3 N–H and O–H groups in total. The molecule has 0 radical (unpaired) electrons. The minimum absolute atomic E-state index is 0.0103. The lowest BCUT2D eigenvalue weighted by molar-refractivity contribution is -0.115. The molecule has 3 aromatic carbocycles.